The number of alkyl carbamates (subject to hydrolysis) is 1. The highest BCUT2D eigenvalue weighted by atomic mass is 16.5. The Morgan fingerprint density at radius 2 is 1.58 bits per heavy atom. The quantitative estimate of drug-likeness (QED) is 0.438. The number of benzene rings is 2. The second-order valence-electron chi connectivity index (χ2n) is 8.59. The van der Waals surface area contributed by atoms with Crippen LogP contribution in [0.2, 0.25) is 0 Å². The molecule has 1 aliphatic rings. The number of amides is 2. The van der Waals surface area contributed by atoms with Crippen LogP contribution in [0.15, 0.2) is 48.5 Å². The summed E-state index contributed by atoms with van der Waals surface area (Å²) in [5.74, 6) is -1.76. The Morgan fingerprint density at radius 1 is 1.00 bits per heavy atom. The lowest BCUT2D eigenvalue weighted by Gasteiger charge is -2.21. The number of hydrogen-bond acceptors (Lipinski definition) is 5. The van der Waals surface area contributed by atoms with Crippen LogP contribution in [0.3, 0.4) is 0 Å². The minimum Gasteiger partial charge on any atom is -0.479 e. The molecule has 176 valence electrons. The number of fused-ring (bicyclic) bond motifs is 3. The van der Waals surface area contributed by atoms with E-state index in [2.05, 4.69) is 22.8 Å². The Balaban J connectivity index is 1.59. The standard InChI is InChI=1S/C25H30N2O6/c1-15(2)13-21(23(29)26-12-11-22(28)24(30)31)27-25(32)33-14-20-18-9-5-3-7-16(18)17-8-4-6-10-19(17)20/h3-10,15,20-22,28H,11-14H2,1-2H3,(H,26,29)(H,27,32)(H,30,31)/t21-,22?/m1/s1. The molecule has 3 rings (SSSR count). The number of carboxylic acids is 1. The van der Waals surface area contributed by atoms with Gasteiger partial charge in [0.2, 0.25) is 5.91 Å². The van der Waals surface area contributed by atoms with E-state index >= 15 is 0 Å². The van der Waals surface area contributed by atoms with E-state index in [0.717, 1.165) is 22.3 Å². The highest BCUT2D eigenvalue weighted by Crippen LogP contribution is 2.44. The van der Waals surface area contributed by atoms with Crippen LogP contribution >= 0.6 is 0 Å². The zero-order valence-corrected chi connectivity index (χ0v) is 18.8. The van der Waals surface area contributed by atoms with E-state index in [-0.39, 0.29) is 31.4 Å². The number of carboxylic acid groups (broad SMARTS) is 1. The minimum absolute atomic E-state index is 0.0206. The molecular formula is C25H30N2O6. The third kappa shape index (κ3) is 6.10. The summed E-state index contributed by atoms with van der Waals surface area (Å²) in [5.41, 5.74) is 4.45. The Hall–Kier alpha value is -3.39. The third-order valence-electron chi connectivity index (χ3n) is 5.66. The van der Waals surface area contributed by atoms with E-state index in [4.69, 9.17) is 9.84 Å². The van der Waals surface area contributed by atoms with Gasteiger partial charge in [0.05, 0.1) is 0 Å². The molecule has 0 saturated carbocycles. The van der Waals surface area contributed by atoms with Crippen LogP contribution in [0.25, 0.3) is 11.1 Å². The summed E-state index contributed by atoms with van der Waals surface area (Å²) in [6.07, 6.45) is -1.98. The predicted octanol–water partition coefficient (Wildman–Crippen LogP) is 2.89. The van der Waals surface area contributed by atoms with Crippen molar-refractivity contribution in [3.63, 3.8) is 0 Å². The molecule has 0 radical (unpaired) electrons. The number of nitrogens with one attached hydrogen (secondary N) is 2. The average Bonchev–Trinajstić information content (AvgIpc) is 3.10. The topological polar surface area (TPSA) is 125 Å². The maximum absolute atomic E-state index is 12.6. The number of carbonyl (C=O) groups excluding carboxylic acids is 2. The van der Waals surface area contributed by atoms with Gasteiger partial charge in [-0.1, -0.05) is 62.4 Å². The maximum atomic E-state index is 12.6. The smallest absolute Gasteiger partial charge is 0.407 e. The van der Waals surface area contributed by atoms with Gasteiger partial charge in [0.15, 0.2) is 6.10 Å². The highest BCUT2D eigenvalue weighted by Gasteiger charge is 2.30. The van der Waals surface area contributed by atoms with Crippen LogP contribution in [0.4, 0.5) is 4.79 Å². The zero-order valence-electron chi connectivity index (χ0n) is 18.8. The highest BCUT2D eigenvalue weighted by molar-refractivity contribution is 5.85. The van der Waals surface area contributed by atoms with Crippen molar-refractivity contribution in [3.8, 4) is 11.1 Å². The molecule has 8 nitrogen and oxygen atoms in total. The summed E-state index contributed by atoms with van der Waals surface area (Å²) in [6.45, 7) is 3.97. The number of carbonyl (C=O) groups is 3. The Morgan fingerprint density at radius 3 is 2.12 bits per heavy atom. The van der Waals surface area contributed by atoms with Crippen molar-refractivity contribution >= 4 is 18.0 Å². The van der Waals surface area contributed by atoms with Gasteiger partial charge in [-0.3, -0.25) is 4.79 Å². The van der Waals surface area contributed by atoms with E-state index < -0.39 is 30.1 Å². The lowest BCUT2D eigenvalue weighted by Crippen LogP contribution is -2.48. The molecule has 2 aromatic carbocycles. The van der Waals surface area contributed by atoms with E-state index in [1.807, 2.05) is 50.2 Å². The first-order valence-corrected chi connectivity index (χ1v) is 11.1. The van der Waals surface area contributed by atoms with Crippen LogP contribution < -0.4 is 10.6 Å². The van der Waals surface area contributed by atoms with E-state index in [9.17, 15) is 19.5 Å². The second-order valence-corrected chi connectivity index (χ2v) is 8.59. The van der Waals surface area contributed by atoms with Crippen molar-refractivity contribution in [2.45, 2.75) is 44.8 Å². The molecule has 33 heavy (non-hydrogen) atoms. The summed E-state index contributed by atoms with van der Waals surface area (Å²) in [4.78, 5) is 35.8. The predicted molar refractivity (Wildman–Crippen MR) is 123 cm³/mol. The van der Waals surface area contributed by atoms with Crippen LogP contribution in [0, 0.1) is 5.92 Å². The van der Waals surface area contributed by atoms with Crippen molar-refractivity contribution in [2.24, 2.45) is 5.92 Å². The summed E-state index contributed by atoms with van der Waals surface area (Å²) >= 11 is 0. The molecule has 0 saturated heterocycles. The Labute approximate surface area is 193 Å². The van der Waals surface area contributed by atoms with Gasteiger partial charge in [0.1, 0.15) is 12.6 Å². The number of ether oxygens (including phenoxy) is 1. The van der Waals surface area contributed by atoms with Gasteiger partial charge in [0.25, 0.3) is 0 Å². The van der Waals surface area contributed by atoms with E-state index in [1.165, 1.54) is 0 Å². The number of hydrogen-bond donors (Lipinski definition) is 4. The molecule has 0 fully saturated rings. The average molecular weight is 455 g/mol. The van der Waals surface area contributed by atoms with Crippen molar-refractivity contribution in [2.75, 3.05) is 13.2 Å². The number of aliphatic hydroxyl groups is 1. The van der Waals surface area contributed by atoms with Crippen molar-refractivity contribution in [1.82, 2.24) is 10.6 Å². The van der Waals surface area contributed by atoms with Crippen molar-refractivity contribution in [3.05, 3.63) is 59.7 Å². The molecule has 1 aliphatic carbocycles. The fraction of sp³-hybridized carbons (Fsp3) is 0.400. The molecule has 2 amide bonds. The number of aliphatic carboxylic acids is 1. The van der Waals surface area contributed by atoms with Crippen molar-refractivity contribution in [1.29, 1.82) is 0 Å². The molecule has 8 heteroatoms. The third-order valence-corrected chi connectivity index (χ3v) is 5.66. The monoisotopic (exact) mass is 454 g/mol. The fourth-order valence-corrected chi connectivity index (χ4v) is 4.06. The number of rotatable bonds is 10. The Bertz CT molecular complexity index is 960. The molecule has 0 bridgehead atoms. The fourth-order valence-electron chi connectivity index (χ4n) is 4.06. The lowest BCUT2D eigenvalue weighted by molar-refractivity contribution is -0.147. The summed E-state index contributed by atoms with van der Waals surface area (Å²) in [7, 11) is 0. The van der Waals surface area contributed by atoms with Gasteiger partial charge in [-0.05, 0) is 34.6 Å². The summed E-state index contributed by atoms with van der Waals surface area (Å²) < 4.78 is 5.53. The molecule has 2 atom stereocenters. The van der Waals surface area contributed by atoms with Gasteiger partial charge in [-0.25, -0.2) is 9.59 Å². The molecule has 0 heterocycles. The van der Waals surface area contributed by atoms with Crippen LogP contribution in [0.1, 0.15) is 43.7 Å². The molecule has 1 unspecified atom stereocenters. The first-order chi connectivity index (χ1) is 15.8. The van der Waals surface area contributed by atoms with Gasteiger partial charge >= 0.3 is 12.1 Å². The molecule has 2 aromatic rings. The summed E-state index contributed by atoms with van der Waals surface area (Å²) in [5, 5.41) is 23.3. The number of aliphatic hydroxyl groups excluding tert-OH is 1. The largest absolute Gasteiger partial charge is 0.479 e. The van der Waals surface area contributed by atoms with E-state index in [1.54, 1.807) is 0 Å². The van der Waals surface area contributed by atoms with Gasteiger partial charge < -0.3 is 25.6 Å². The maximum Gasteiger partial charge on any atom is 0.407 e. The second kappa shape index (κ2) is 11.0. The van der Waals surface area contributed by atoms with E-state index in [0.29, 0.717) is 6.42 Å². The SMILES string of the molecule is CC(C)C[C@@H](NC(=O)OCC1c2ccccc2-c2ccccc21)C(=O)NCCC(O)C(=O)O. The normalized spacial score (nSPS) is 14.2. The Kier molecular flexibility index (Phi) is 8.06. The van der Waals surface area contributed by atoms with Crippen molar-refractivity contribution < 1.29 is 29.3 Å². The summed E-state index contributed by atoms with van der Waals surface area (Å²) in [6, 6.07) is 15.2. The lowest BCUT2D eigenvalue weighted by atomic mass is 9.98. The molecule has 0 aliphatic heterocycles. The molecule has 4 N–H and O–H groups in total. The van der Waals surface area contributed by atoms with Gasteiger partial charge in [0, 0.05) is 18.9 Å². The van der Waals surface area contributed by atoms with Crippen LogP contribution in [-0.4, -0.2) is 53.5 Å². The van der Waals surface area contributed by atoms with Crippen LogP contribution in [-0.2, 0) is 14.3 Å². The minimum atomic E-state index is -1.55. The molecular weight excluding hydrogens is 424 g/mol. The molecule has 0 spiro atoms. The molecule has 0 aromatic heterocycles. The van der Waals surface area contributed by atoms with Crippen LogP contribution in [0.5, 0.6) is 0 Å². The first kappa shape index (κ1) is 24.3. The zero-order chi connectivity index (χ0) is 24.0. The van der Waals surface area contributed by atoms with Gasteiger partial charge in [-0.15, -0.1) is 0 Å². The first-order valence-electron chi connectivity index (χ1n) is 11.1. The van der Waals surface area contributed by atoms with Gasteiger partial charge in [-0.2, -0.15) is 0 Å².